The molecule has 0 aromatic heterocycles. The Labute approximate surface area is 133 Å². The number of carbonyl (C=O) groups excluding carboxylic acids is 3. The van der Waals surface area contributed by atoms with E-state index in [-0.39, 0.29) is 11.7 Å². The van der Waals surface area contributed by atoms with Crippen LogP contribution in [0, 0.1) is 11.7 Å². The van der Waals surface area contributed by atoms with E-state index < -0.39 is 36.9 Å². The van der Waals surface area contributed by atoms with Crippen molar-refractivity contribution >= 4 is 17.9 Å². The third-order valence-electron chi connectivity index (χ3n) is 2.44. The summed E-state index contributed by atoms with van der Waals surface area (Å²) in [6, 6.07) is 4.59. The highest BCUT2D eigenvalue weighted by molar-refractivity contribution is 5.95. The lowest BCUT2D eigenvalue weighted by molar-refractivity contribution is -0.150. The van der Waals surface area contributed by atoms with Gasteiger partial charge in [0.2, 0.25) is 0 Å². The molecule has 0 bridgehead atoms. The van der Waals surface area contributed by atoms with E-state index in [0.717, 1.165) is 6.07 Å². The summed E-state index contributed by atoms with van der Waals surface area (Å²) in [5.41, 5.74) is 0. The average Bonchev–Trinajstić information content (AvgIpc) is 2.49. The predicted octanol–water partition coefficient (Wildman–Crippen LogP) is 1.23. The zero-order valence-electron chi connectivity index (χ0n) is 12.9. The Morgan fingerprint density at radius 2 is 1.96 bits per heavy atom. The first kappa shape index (κ1) is 18.4. The van der Waals surface area contributed by atoms with E-state index in [9.17, 15) is 18.8 Å². The molecule has 0 fully saturated rings. The Bertz CT molecular complexity index is 563. The number of hydrogen-bond acceptors (Lipinski definition) is 5. The van der Waals surface area contributed by atoms with Crippen LogP contribution in [0.5, 0.6) is 5.75 Å². The van der Waals surface area contributed by atoms with E-state index >= 15 is 0 Å². The quantitative estimate of drug-likeness (QED) is 0.735. The Kier molecular flexibility index (Phi) is 7.52. The largest absolute Gasteiger partial charge is 0.482 e. The normalized spacial score (nSPS) is 10.1. The van der Waals surface area contributed by atoms with Gasteiger partial charge in [0.25, 0.3) is 5.91 Å². The fourth-order valence-corrected chi connectivity index (χ4v) is 1.39. The van der Waals surface area contributed by atoms with Gasteiger partial charge < -0.3 is 14.8 Å². The van der Waals surface area contributed by atoms with Crippen LogP contribution in [0.1, 0.15) is 13.8 Å². The Hall–Kier alpha value is -2.64. The van der Waals surface area contributed by atoms with Gasteiger partial charge in [0.1, 0.15) is 11.6 Å². The minimum atomic E-state index is -0.813. The molecule has 0 saturated carbocycles. The zero-order chi connectivity index (χ0) is 17.2. The molecule has 1 aromatic carbocycles. The zero-order valence-corrected chi connectivity index (χ0v) is 12.9. The summed E-state index contributed by atoms with van der Waals surface area (Å²) in [5, 5.41) is 4.50. The Morgan fingerprint density at radius 3 is 2.61 bits per heavy atom. The second kappa shape index (κ2) is 9.39. The van der Waals surface area contributed by atoms with Crippen LogP contribution in [-0.2, 0) is 14.3 Å². The number of amides is 3. The van der Waals surface area contributed by atoms with Crippen molar-refractivity contribution in [3.8, 4) is 5.75 Å². The number of hydrogen-bond donors (Lipinski definition) is 2. The first-order chi connectivity index (χ1) is 10.9. The van der Waals surface area contributed by atoms with Crippen LogP contribution in [-0.4, -0.2) is 37.7 Å². The minimum Gasteiger partial charge on any atom is -0.482 e. The summed E-state index contributed by atoms with van der Waals surface area (Å²) in [5.74, 6) is -1.66. The average molecular weight is 326 g/mol. The standard InChI is InChI=1S/C15H19FN2O5/c1-10(2)7-17-15(21)18-13(19)8-23-14(20)9-22-12-5-3-4-11(16)6-12/h3-6,10H,7-9H2,1-2H3,(H2,17,18,19,21). The van der Waals surface area contributed by atoms with Crippen molar-refractivity contribution in [2.75, 3.05) is 19.8 Å². The van der Waals surface area contributed by atoms with Gasteiger partial charge in [0.05, 0.1) is 0 Å². The molecular weight excluding hydrogens is 307 g/mol. The summed E-state index contributed by atoms with van der Waals surface area (Å²) < 4.78 is 22.5. The number of carbonyl (C=O) groups is 3. The smallest absolute Gasteiger partial charge is 0.344 e. The summed E-state index contributed by atoms with van der Waals surface area (Å²) in [4.78, 5) is 34.1. The first-order valence-electron chi connectivity index (χ1n) is 6.98. The van der Waals surface area contributed by atoms with E-state index in [2.05, 4.69) is 10.1 Å². The third-order valence-corrected chi connectivity index (χ3v) is 2.44. The molecule has 0 unspecified atom stereocenters. The fourth-order valence-electron chi connectivity index (χ4n) is 1.39. The van der Waals surface area contributed by atoms with Gasteiger partial charge in [-0.1, -0.05) is 19.9 Å². The van der Waals surface area contributed by atoms with E-state index in [1.54, 1.807) is 0 Å². The molecule has 1 aromatic rings. The lowest BCUT2D eigenvalue weighted by Crippen LogP contribution is -2.42. The van der Waals surface area contributed by atoms with Crippen molar-refractivity contribution < 1.29 is 28.2 Å². The molecule has 7 nitrogen and oxygen atoms in total. The number of urea groups is 1. The molecule has 0 aliphatic heterocycles. The van der Waals surface area contributed by atoms with Crippen molar-refractivity contribution in [1.29, 1.82) is 0 Å². The molecule has 3 amide bonds. The molecule has 0 spiro atoms. The van der Waals surface area contributed by atoms with Crippen LogP contribution < -0.4 is 15.4 Å². The van der Waals surface area contributed by atoms with Gasteiger partial charge in [-0.15, -0.1) is 0 Å². The lowest BCUT2D eigenvalue weighted by Gasteiger charge is -2.09. The lowest BCUT2D eigenvalue weighted by atomic mass is 10.2. The number of ether oxygens (including phenoxy) is 2. The van der Waals surface area contributed by atoms with Crippen LogP contribution in [0.25, 0.3) is 0 Å². The van der Waals surface area contributed by atoms with Gasteiger partial charge in [0, 0.05) is 12.6 Å². The number of nitrogens with one attached hydrogen (secondary N) is 2. The number of imide groups is 1. The highest BCUT2D eigenvalue weighted by atomic mass is 19.1. The van der Waals surface area contributed by atoms with Crippen LogP contribution in [0.15, 0.2) is 24.3 Å². The van der Waals surface area contributed by atoms with Crippen molar-refractivity contribution in [1.82, 2.24) is 10.6 Å². The monoisotopic (exact) mass is 326 g/mol. The van der Waals surface area contributed by atoms with E-state index in [1.807, 2.05) is 19.2 Å². The highest BCUT2D eigenvalue weighted by Crippen LogP contribution is 2.11. The van der Waals surface area contributed by atoms with Gasteiger partial charge in [-0.2, -0.15) is 0 Å². The number of esters is 1. The SMILES string of the molecule is CC(C)CNC(=O)NC(=O)COC(=O)COc1cccc(F)c1. The predicted molar refractivity (Wildman–Crippen MR) is 79.2 cm³/mol. The molecule has 2 N–H and O–H groups in total. The molecule has 0 atom stereocenters. The summed E-state index contributed by atoms with van der Waals surface area (Å²) in [7, 11) is 0. The fraction of sp³-hybridized carbons (Fsp3) is 0.400. The molecule has 23 heavy (non-hydrogen) atoms. The van der Waals surface area contributed by atoms with E-state index in [1.165, 1.54) is 18.2 Å². The maximum Gasteiger partial charge on any atom is 0.344 e. The van der Waals surface area contributed by atoms with Gasteiger partial charge in [-0.25, -0.2) is 14.0 Å². The van der Waals surface area contributed by atoms with Crippen molar-refractivity contribution in [3.63, 3.8) is 0 Å². The van der Waals surface area contributed by atoms with Gasteiger partial charge >= 0.3 is 12.0 Å². The van der Waals surface area contributed by atoms with E-state index in [0.29, 0.717) is 6.54 Å². The number of rotatable bonds is 7. The molecule has 0 saturated heterocycles. The third kappa shape index (κ3) is 8.40. The van der Waals surface area contributed by atoms with Crippen LogP contribution in [0.3, 0.4) is 0 Å². The van der Waals surface area contributed by atoms with Gasteiger partial charge in [0.15, 0.2) is 13.2 Å². The van der Waals surface area contributed by atoms with Gasteiger partial charge in [-0.05, 0) is 18.1 Å². The van der Waals surface area contributed by atoms with Crippen LogP contribution in [0.2, 0.25) is 0 Å². The maximum absolute atomic E-state index is 12.9. The first-order valence-corrected chi connectivity index (χ1v) is 6.98. The van der Waals surface area contributed by atoms with Crippen LogP contribution >= 0.6 is 0 Å². The molecule has 0 aliphatic rings. The maximum atomic E-state index is 12.9. The Balaban J connectivity index is 2.22. The van der Waals surface area contributed by atoms with Crippen LogP contribution in [0.4, 0.5) is 9.18 Å². The van der Waals surface area contributed by atoms with Crippen molar-refractivity contribution in [3.05, 3.63) is 30.1 Å². The molecule has 8 heteroatoms. The second-order valence-corrected chi connectivity index (χ2v) is 5.06. The Morgan fingerprint density at radius 1 is 1.22 bits per heavy atom. The van der Waals surface area contributed by atoms with Crippen molar-refractivity contribution in [2.24, 2.45) is 5.92 Å². The van der Waals surface area contributed by atoms with E-state index in [4.69, 9.17) is 4.74 Å². The molecule has 0 heterocycles. The molecule has 1 rings (SSSR count). The molecule has 0 aliphatic carbocycles. The summed E-state index contributed by atoms with van der Waals surface area (Å²) in [6.07, 6.45) is 0. The van der Waals surface area contributed by atoms with Gasteiger partial charge in [-0.3, -0.25) is 10.1 Å². The number of benzene rings is 1. The highest BCUT2D eigenvalue weighted by Gasteiger charge is 2.11. The summed E-state index contributed by atoms with van der Waals surface area (Å²) >= 11 is 0. The second-order valence-electron chi connectivity index (χ2n) is 5.06. The number of halogens is 1. The molecular formula is C15H19FN2O5. The topological polar surface area (TPSA) is 93.7 Å². The van der Waals surface area contributed by atoms with Crippen molar-refractivity contribution in [2.45, 2.75) is 13.8 Å². The molecule has 0 radical (unpaired) electrons. The summed E-state index contributed by atoms with van der Waals surface area (Å²) in [6.45, 7) is 3.14. The molecule has 126 valence electrons. The minimum absolute atomic E-state index is 0.166.